The summed E-state index contributed by atoms with van der Waals surface area (Å²) >= 11 is 5.76. The third-order valence-electron chi connectivity index (χ3n) is 2.52. The molecule has 1 unspecified atom stereocenters. The number of hydrogen-bond donors (Lipinski definition) is 1. The molecule has 3 heteroatoms. The van der Waals surface area contributed by atoms with Crippen LogP contribution in [0, 0.1) is 13.8 Å². The Morgan fingerprint density at radius 2 is 2.06 bits per heavy atom. The van der Waals surface area contributed by atoms with Gasteiger partial charge in [0.15, 0.2) is 0 Å². The first kappa shape index (κ1) is 13.0. The molecular weight excluding hydrogens is 222 g/mol. The van der Waals surface area contributed by atoms with Gasteiger partial charge in [0, 0.05) is 11.9 Å². The standard InChI is InChI=1S/C13H18ClNO/c1-9-4-5-12(6-10(9)2)7-13(16)15-8-11(3)14/h4-6,11H,7-8H2,1-3H3,(H,15,16). The van der Waals surface area contributed by atoms with Crippen molar-refractivity contribution in [2.45, 2.75) is 32.6 Å². The van der Waals surface area contributed by atoms with E-state index in [1.165, 1.54) is 11.1 Å². The van der Waals surface area contributed by atoms with Gasteiger partial charge in [-0.15, -0.1) is 11.6 Å². The van der Waals surface area contributed by atoms with Gasteiger partial charge in [-0.1, -0.05) is 18.2 Å². The smallest absolute Gasteiger partial charge is 0.224 e. The molecule has 0 aliphatic rings. The van der Waals surface area contributed by atoms with Gasteiger partial charge in [-0.25, -0.2) is 0 Å². The summed E-state index contributed by atoms with van der Waals surface area (Å²) < 4.78 is 0. The number of benzene rings is 1. The van der Waals surface area contributed by atoms with Gasteiger partial charge < -0.3 is 5.32 Å². The van der Waals surface area contributed by atoms with E-state index in [9.17, 15) is 4.79 Å². The van der Waals surface area contributed by atoms with Gasteiger partial charge in [-0.3, -0.25) is 4.79 Å². The molecule has 0 fully saturated rings. The fourth-order valence-electron chi connectivity index (χ4n) is 1.42. The first-order valence-corrected chi connectivity index (χ1v) is 5.89. The molecule has 1 N–H and O–H groups in total. The first-order valence-electron chi connectivity index (χ1n) is 5.46. The van der Waals surface area contributed by atoms with Crippen LogP contribution in [0.4, 0.5) is 0 Å². The van der Waals surface area contributed by atoms with Crippen LogP contribution in [0.1, 0.15) is 23.6 Å². The molecule has 16 heavy (non-hydrogen) atoms. The van der Waals surface area contributed by atoms with E-state index in [1.54, 1.807) is 0 Å². The summed E-state index contributed by atoms with van der Waals surface area (Å²) in [6, 6.07) is 6.09. The Morgan fingerprint density at radius 3 is 2.62 bits per heavy atom. The van der Waals surface area contributed by atoms with Crippen LogP contribution in [-0.2, 0) is 11.2 Å². The number of hydrogen-bond acceptors (Lipinski definition) is 1. The van der Waals surface area contributed by atoms with Crippen LogP contribution >= 0.6 is 11.6 Å². The van der Waals surface area contributed by atoms with Gasteiger partial charge in [0.05, 0.1) is 6.42 Å². The highest BCUT2D eigenvalue weighted by atomic mass is 35.5. The molecule has 1 atom stereocenters. The molecule has 0 saturated heterocycles. The molecule has 1 aromatic rings. The van der Waals surface area contributed by atoms with Crippen molar-refractivity contribution in [1.29, 1.82) is 0 Å². The molecule has 0 heterocycles. The van der Waals surface area contributed by atoms with Crippen molar-refractivity contribution < 1.29 is 4.79 Å². The van der Waals surface area contributed by atoms with E-state index in [4.69, 9.17) is 11.6 Å². The van der Waals surface area contributed by atoms with Crippen molar-refractivity contribution in [3.05, 3.63) is 34.9 Å². The van der Waals surface area contributed by atoms with Crippen LogP contribution in [0.3, 0.4) is 0 Å². The lowest BCUT2D eigenvalue weighted by molar-refractivity contribution is -0.120. The van der Waals surface area contributed by atoms with Crippen molar-refractivity contribution in [1.82, 2.24) is 5.32 Å². The Kier molecular flexibility index (Phi) is 4.81. The van der Waals surface area contributed by atoms with Gasteiger partial charge in [-0.2, -0.15) is 0 Å². The summed E-state index contributed by atoms with van der Waals surface area (Å²) in [5.74, 6) is 0.0238. The lowest BCUT2D eigenvalue weighted by Gasteiger charge is -2.07. The monoisotopic (exact) mass is 239 g/mol. The number of nitrogens with one attached hydrogen (secondary N) is 1. The number of halogens is 1. The van der Waals surface area contributed by atoms with Crippen molar-refractivity contribution in [2.75, 3.05) is 6.54 Å². The maximum Gasteiger partial charge on any atom is 0.224 e. The van der Waals surface area contributed by atoms with E-state index in [1.807, 2.05) is 19.1 Å². The third-order valence-corrected chi connectivity index (χ3v) is 2.67. The van der Waals surface area contributed by atoms with E-state index in [-0.39, 0.29) is 11.3 Å². The molecule has 88 valence electrons. The van der Waals surface area contributed by atoms with E-state index < -0.39 is 0 Å². The average molecular weight is 240 g/mol. The Morgan fingerprint density at radius 1 is 1.38 bits per heavy atom. The molecule has 1 rings (SSSR count). The van der Waals surface area contributed by atoms with Gasteiger partial charge in [0.1, 0.15) is 0 Å². The van der Waals surface area contributed by atoms with Crippen LogP contribution in [0.15, 0.2) is 18.2 Å². The van der Waals surface area contributed by atoms with Gasteiger partial charge >= 0.3 is 0 Å². The zero-order chi connectivity index (χ0) is 12.1. The summed E-state index contributed by atoms with van der Waals surface area (Å²) in [7, 11) is 0. The average Bonchev–Trinajstić information content (AvgIpc) is 2.21. The number of alkyl halides is 1. The molecule has 2 nitrogen and oxygen atoms in total. The fraction of sp³-hybridized carbons (Fsp3) is 0.462. The molecule has 0 saturated carbocycles. The molecule has 1 amide bonds. The topological polar surface area (TPSA) is 29.1 Å². The Hall–Kier alpha value is -1.02. The largest absolute Gasteiger partial charge is 0.354 e. The molecule has 0 radical (unpaired) electrons. The highest BCUT2D eigenvalue weighted by molar-refractivity contribution is 6.20. The summed E-state index contributed by atoms with van der Waals surface area (Å²) in [5.41, 5.74) is 3.51. The highest BCUT2D eigenvalue weighted by Crippen LogP contribution is 2.10. The number of amides is 1. The third kappa shape index (κ3) is 4.23. The SMILES string of the molecule is Cc1ccc(CC(=O)NCC(C)Cl)cc1C. The van der Waals surface area contributed by atoms with Gasteiger partial charge in [0.2, 0.25) is 5.91 Å². The van der Waals surface area contributed by atoms with E-state index in [2.05, 4.69) is 25.2 Å². The Balaban J connectivity index is 2.53. The van der Waals surface area contributed by atoms with Crippen LogP contribution in [0.2, 0.25) is 0 Å². The molecule has 1 aromatic carbocycles. The first-order chi connectivity index (χ1) is 7.49. The van der Waals surface area contributed by atoms with Crippen LogP contribution < -0.4 is 5.32 Å². The lowest BCUT2D eigenvalue weighted by atomic mass is 10.0. The Bertz CT molecular complexity index is 374. The molecule has 0 aliphatic carbocycles. The minimum atomic E-state index is -0.0243. The van der Waals surface area contributed by atoms with Gasteiger partial charge in [0.25, 0.3) is 0 Å². The predicted octanol–water partition coefficient (Wildman–Crippen LogP) is 2.59. The van der Waals surface area contributed by atoms with Crippen LogP contribution in [0.25, 0.3) is 0 Å². The maximum atomic E-state index is 11.5. The quantitative estimate of drug-likeness (QED) is 0.804. The second-order valence-corrected chi connectivity index (χ2v) is 4.93. The predicted molar refractivity (Wildman–Crippen MR) is 67.9 cm³/mol. The maximum absolute atomic E-state index is 11.5. The minimum Gasteiger partial charge on any atom is -0.354 e. The van der Waals surface area contributed by atoms with E-state index >= 15 is 0 Å². The molecule has 0 aliphatic heterocycles. The molecule has 0 aromatic heterocycles. The molecule has 0 bridgehead atoms. The van der Waals surface area contributed by atoms with Gasteiger partial charge in [-0.05, 0) is 37.5 Å². The van der Waals surface area contributed by atoms with Crippen molar-refractivity contribution in [3.63, 3.8) is 0 Å². The van der Waals surface area contributed by atoms with E-state index in [0.29, 0.717) is 13.0 Å². The minimum absolute atomic E-state index is 0.0238. The van der Waals surface area contributed by atoms with Crippen LogP contribution in [-0.4, -0.2) is 17.8 Å². The van der Waals surface area contributed by atoms with E-state index in [0.717, 1.165) is 5.56 Å². The fourth-order valence-corrected chi connectivity index (χ4v) is 1.49. The Labute approximate surface area is 102 Å². The van der Waals surface area contributed by atoms with Crippen molar-refractivity contribution in [2.24, 2.45) is 0 Å². The normalized spacial score (nSPS) is 12.2. The van der Waals surface area contributed by atoms with Crippen molar-refractivity contribution in [3.8, 4) is 0 Å². The second-order valence-electron chi connectivity index (χ2n) is 4.18. The molecular formula is C13H18ClNO. The number of carbonyl (C=O) groups is 1. The van der Waals surface area contributed by atoms with Crippen molar-refractivity contribution >= 4 is 17.5 Å². The zero-order valence-corrected chi connectivity index (χ0v) is 10.8. The summed E-state index contributed by atoms with van der Waals surface area (Å²) in [4.78, 5) is 11.5. The summed E-state index contributed by atoms with van der Waals surface area (Å²) in [6.45, 7) is 6.50. The summed E-state index contributed by atoms with van der Waals surface area (Å²) in [6.07, 6.45) is 0.421. The number of rotatable bonds is 4. The van der Waals surface area contributed by atoms with Crippen LogP contribution in [0.5, 0.6) is 0 Å². The zero-order valence-electron chi connectivity index (χ0n) is 10.0. The number of aryl methyl sites for hydroxylation is 2. The summed E-state index contributed by atoms with van der Waals surface area (Å²) in [5, 5.41) is 2.77. The second kappa shape index (κ2) is 5.90. The lowest BCUT2D eigenvalue weighted by Crippen LogP contribution is -2.29. The highest BCUT2D eigenvalue weighted by Gasteiger charge is 2.05. The molecule has 0 spiro atoms. The number of carbonyl (C=O) groups excluding carboxylic acids is 1.